The smallest absolute Gasteiger partial charge is 0.327 e. The molecule has 4 unspecified atom stereocenters. The normalized spacial score (nSPS) is 13.6. The van der Waals surface area contributed by atoms with Crippen LogP contribution in [0.1, 0.15) is 24.0 Å². The number of aliphatic imine (C=N–C) groups is 1. The number of aromatic hydroxyl groups is 1. The van der Waals surface area contributed by atoms with Gasteiger partial charge in [0.1, 0.15) is 23.9 Å². The van der Waals surface area contributed by atoms with Crippen LogP contribution in [0.5, 0.6) is 5.75 Å². The van der Waals surface area contributed by atoms with Crippen LogP contribution in [0, 0.1) is 0 Å². The Labute approximate surface area is 243 Å². The average Bonchev–Trinajstić information content (AvgIpc) is 2.94. The largest absolute Gasteiger partial charge is 0.508 e. The first-order valence-corrected chi connectivity index (χ1v) is 13.5. The fraction of sp³-hybridized carbons (Fsp3) is 0.370. The molecule has 13 nitrogen and oxygen atoms in total. The molecule has 222 valence electrons. The van der Waals surface area contributed by atoms with Crippen molar-refractivity contribution in [3.8, 4) is 5.75 Å². The van der Waals surface area contributed by atoms with Crippen LogP contribution in [0.3, 0.4) is 0 Å². The zero-order valence-electron chi connectivity index (χ0n) is 22.4. The highest BCUT2D eigenvalue weighted by molar-refractivity contribution is 7.80. The summed E-state index contributed by atoms with van der Waals surface area (Å²) in [4.78, 5) is 54.9. The maximum atomic E-state index is 13.5. The van der Waals surface area contributed by atoms with Crippen LogP contribution < -0.4 is 33.2 Å². The van der Waals surface area contributed by atoms with Gasteiger partial charge in [0.2, 0.25) is 17.7 Å². The summed E-state index contributed by atoms with van der Waals surface area (Å²) >= 11 is 3.98. The first-order chi connectivity index (χ1) is 19.5. The molecule has 0 radical (unpaired) electrons. The summed E-state index contributed by atoms with van der Waals surface area (Å²) in [6.45, 7) is 0.278. The maximum absolute atomic E-state index is 13.5. The zero-order valence-corrected chi connectivity index (χ0v) is 23.3. The van der Waals surface area contributed by atoms with Crippen LogP contribution >= 0.6 is 12.6 Å². The quantitative estimate of drug-likeness (QED) is 0.0507. The third kappa shape index (κ3) is 11.8. The van der Waals surface area contributed by atoms with Gasteiger partial charge in [-0.1, -0.05) is 42.5 Å². The van der Waals surface area contributed by atoms with E-state index in [1.165, 1.54) is 12.1 Å². The number of aliphatic carboxylic acids is 1. The molecular weight excluding hydrogens is 550 g/mol. The number of hydrogen-bond acceptors (Lipinski definition) is 8. The van der Waals surface area contributed by atoms with E-state index in [4.69, 9.17) is 17.2 Å². The predicted octanol–water partition coefficient (Wildman–Crippen LogP) is -0.973. The summed E-state index contributed by atoms with van der Waals surface area (Å²) in [6.07, 6.45) is 0.750. The van der Waals surface area contributed by atoms with Gasteiger partial charge in [0, 0.05) is 25.1 Å². The molecule has 0 fully saturated rings. The number of carbonyl (C=O) groups is 4. The van der Waals surface area contributed by atoms with Crippen LogP contribution in [0.2, 0.25) is 0 Å². The van der Waals surface area contributed by atoms with Gasteiger partial charge in [0.15, 0.2) is 5.96 Å². The van der Waals surface area contributed by atoms with Crippen molar-refractivity contribution in [1.82, 2.24) is 16.0 Å². The lowest BCUT2D eigenvalue weighted by Crippen LogP contribution is -2.58. The molecule has 0 aliphatic rings. The zero-order chi connectivity index (χ0) is 30.4. The number of thiol groups is 1. The number of benzene rings is 2. The molecule has 2 aromatic rings. The number of carboxylic acids is 1. The van der Waals surface area contributed by atoms with E-state index >= 15 is 0 Å². The van der Waals surface area contributed by atoms with Crippen molar-refractivity contribution < 1.29 is 29.4 Å². The second kappa shape index (κ2) is 16.7. The summed E-state index contributed by atoms with van der Waals surface area (Å²) in [5, 5.41) is 26.7. The monoisotopic (exact) mass is 587 g/mol. The van der Waals surface area contributed by atoms with Crippen molar-refractivity contribution in [3.05, 3.63) is 65.7 Å². The minimum Gasteiger partial charge on any atom is -0.508 e. The lowest BCUT2D eigenvalue weighted by Gasteiger charge is -2.25. The van der Waals surface area contributed by atoms with Gasteiger partial charge < -0.3 is 43.4 Å². The Bertz CT molecular complexity index is 1190. The molecular formula is C27H37N7O6S. The SMILES string of the molecule is NC(N)=NCCCC(N)C(=O)NC(Cc1ccc(O)cc1)C(=O)NC(Cc1ccccc1)C(=O)NC(CS)C(=O)O. The highest BCUT2D eigenvalue weighted by Gasteiger charge is 2.30. The van der Waals surface area contributed by atoms with Crippen molar-refractivity contribution in [2.75, 3.05) is 12.3 Å². The van der Waals surface area contributed by atoms with E-state index in [0.717, 1.165) is 0 Å². The molecule has 2 aromatic carbocycles. The van der Waals surface area contributed by atoms with E-state index in [1.54, 1.807) is 42.5 Å². The van der Waals surface area contributed by atoms with E-state index in [2.05, 4.69) is 33.6 Å². The number of nitrogens with two attached hydrogens (primary N) is 3. The number of nitrogens with zero attached hydrogens (tertiary/aromatic N) is 1. The van der Waals surface area contributed by atoms with Crippen LogP contribution in [0.25, 0.3) is 0 Å². The molecule has 3 amide bonds. The van der Waals surface area contributed by atoms with Gasteiger partial charge in [-0.15, -0.1) is 0 Å². The molecule has 0 saturated carbocycles. The maximum Gasteiger partial charge on any atom is 0.327 e. The van der Waals surface area contributed by atoms with Gasteiger partial charge >= 0.3 is 5.97 Å². The van der Waals surface area contributed by atoms with Crippen LogP contribution in [-0.2, 0) is 32.0 Å². The number of phenols is 1. The lowest BCUT2D eigenvalue weighted by atomic mass is 10.0. The van der Waals surface area contributed by atoms with Crippen LogP contribution in [0.4, 0.5) is 0 Å². The second-order valence-corrected chi connectivity index (χ2v) is 9.69. The Morgan fingerprint density at radius 1 is 0.805 bits per heavy atom. The molecule has 0 aliphatic carbocycles. The fourth-order valence-corrected chi connectivity index (χ4v) is 4.04. The molecule has 0 aliphatic heterocycles. The van der Waals surface area contributed by atoms with Crippen molar-refractivity contribution in [2.24, 2.45) is 22.2 Å². The van der Waals surface area contributed by atoms with Crippen molar-refractivity contribution in [3.63, 3.8) is 0 Å². The highest BCUT2D eigenvalue weighted by atomic mass is 32.1. The number of carbonyl (C=O) groups excluding carboxylic acids is 3. The summed E-state index contributed by atoms with van der Waals surface area (Å²) in [5.41, 5.74) is 18.0. The number of amides is 3. The minimum atomic E-state index is -1.27. The second-order valence-electron chi connectivity index (χ2n) is 9.32. The Morgan fingerprint density at radius 3 is 1.83 bits per heavy atom. The third-order valence-corrected chi connectivity index (χ3v) is 6.39. The van der Waals surface area contributed by atoms with E-state index in [9.17, 15) is 29.4 Å². The predicted molar refractivity (Wildman–Crippen MR) is 157 cm³/mol. The molecule has 0 heterocycles. The number of phenolic OH excluding ortho intramolecular Hbond substituents is 1. The molecule has 0 bridgehead atoms. The molecule has 2 rings (SSSR count). The number of rotatable bonds is 16. The van der Waals surface area contributed by atoms with E-state index < -0.39 is 47.9 Å². The fourth-order valence-electron chi connectivity index (χ4n) is 3.80. The molecule has 41 heavy (non-hydrogen) atoms. The number of carboxylic acid groups (broad SMARTS) is 1. The molecule has 14 heteroatoms. The molecule has 11 N–H and O–H groups in total. The van der Waals surface area contributed by atoms with Gasteiger partial charge in [0.25, 0.3) is 0 Å². The first kappa shape index (κ1) is 32.9. The van der Waals surface area contributed by atoms with Crippen LogP contribution in [0.15, 0.2) is 59.6 Å². The van der Waals surface area contributed by atoms with Gasteiger partial charge in [-0.3, -0.25) is 19.4 Å². The first-order valence-electron chi connectivity index (χ1n) is 12.9. The Balaban J connectivity index is 2.25. The topological polar surface area (TPSA) is 235 Å². The van der Waals surface area contributed by atoms with Gasteiger partial charge in [-0.2, -0.15) is 12.6 Å². The summed E-state index contributed by atoms with van der Waals surface area (Å²) < 4.78 is 0. The van der Waals surface area contributed by atoms with E-state index in [0.29, 0.717) is 17.5 Å². The van der Waals surface area contributed by atoms with Crippen molar-refractivity contribution in [2.45, 2.75) is 49.9 Å². The Kier molecular flexibility index (Phi) is 13.4. The summed E-state index contributed by atoms with van der Waals surface area (Å²) in [6, 6.07) is 10.4. The molecule has 0 spiro atoms. The molecule has 4 atom stereocenters. The van der Waals surface area contributed by atoms with Gasteiger partial charge in [-0.25, -0.2) is 4.79 Å². The average molecular weight is 588 g/mol. The van der Waals surface area contributed by atoms with Crippen molar-refractivity contribution in [1.29, 1.82) is 0 Å². The number of hydrogen-bond donors (Lipinski definition) is 9. The standard InChI is InChI=1S/C27H37N7O6S/c28-19(7-4-12-31-27(29)30)23(36)32-20(14-17-8-10-18(35)11-9-17)24(37)33-21(13-16-5-2-1-3-6-16)25(38)34-22(15-41)26(39)40/h1-3,5-6,8-11,19-22,35,41H,4,7,12-15,28H2,(H,32,36)(H,33,37)(H,34,38)(H,39,40)(H4,29,30,31). The molecule has 0 aromatic heterocycles. The van der Waals surface area contributed by atoms with Gasteiger partial charge in [0.05, 0.1) is 6.04 Å². The van der Waals surface area contributed by atoms with E-state index in [-0.39, 0.29) is 43.3 Å². The Hall–Kier alpha value is -4.30. The van der Waals surface area contributed by atoms with Crippen molar-refractivity contribution >= 4 is 42.3 Å². The Morgan fingerprint density at radius 2 is 1.32 bits per heavy atom. The lowest BCUT2D eigenvalue weighted by molar-refractivity contribution is -0.141. The third-order valence-electron chi connectivity index (χ3n) is 6.03. The van der Waals surface area contributed by atoms with Gasteiger partial charge in [-0.05, 0) is 36.1 Å². The molecule has 0 saturated heterocycles. The minimum absolute atomic E-state index is 0.0205. The summed E-state index contributed by atoms with van der Waals surface area (Å²) in [7, 11) is 0. The summed E-state index contributed by atoms with van der Waals surface area (Å²) in [5.74, 6) is -3.50. The number of nitrogens with one attached hydrogen (secondary N) is 3. The highest BCUT2D eigenvalue weighted by Crippen LogP contribution is 2.12. The van der Waals surface area contributed by atoms with Crippen LogP contribution in [-0.4, -0.2) is 76.3 Å². The van der Waals surface area contributed by atoms with E-state index in [1.807, 2.05) is 0 Å². The number of guanidine groups is 1.